The molecule has 0 fully saturated rings. The lowest BCUT2D eigenvalue weighted by atomic mass is 9.87. The molecule has 0 radical (unpaired) electrons. The maximum atomic E-state index is 12.4. The van der Waals surface area contributed by atoms with Crippen molar-refractivity contribution in [2.24, 2.45) is 0 Å². The van der Waals surface area contributed by atoms with Gasteiger partial charge >= 0.3 is 0 Å². The Labute approximate surface area is 165 Å². The molecule has 0 amide bonds. The number of nitrogens with zero attached hydrogens (tertiary/aromatic N) is 4. The second kappa shape index (κ2) is 7.20. The first kappa shape index (κ1) is 18.4. The van der Waals surface area contributed by atoms with Crippen molar-refractivity contribution in [1.82, 2.24) is 19.7 Å². The van der Waals surface area contributed by atoms with Crippen LogP contribution < -0.4 is 10.3 Å². The molecular formula is C20H20N4O3S. The van der Waals surface area contributed by atoms with Gasteiger partial charge < -0.3 is 9.15 Å². The minimum atomic E-state index is -0.124. The Hall–Kier alpha value is -3.00. The van der Waals surface area contributed by atoms with Crippen LogP contribution in [0.3, 0.4) is 0 Å². The lowest BCUT2D eigenvalue weighted by Crippen LogP contribution is -2.20. The van der Waals surface area contributed by atoms with E-state index in [0.717, 1.165) is 10.6 Å². The molecule has 0 aliphatic carbocycles. The van der Waals surface area contributed by atoms with E-state index in [9.17, 15) is 4.79 Å². The summed E-state index contributed by atoms with van der Waals surface area (Å²) in [6.07, 6.45) is 1.50. The summed E-state index contributed by atoms with van der Waals surface area (Å²) in [6, 6.07) is 9.73. The molecule has 4 aromatic rings. The Balaban J connectivity index is 1.41. The number of benzene rings is 1. The maximum Gasteiger partial charge on any atom is 0.262 e. The topological polar surface area (TPSA) is 83.0 Å². The van der Waals surface area contributed by atoms with Crippen LogP contribution in [0.15, 0.2) is 51.3 Å². The summed E-state index contributed by atoms with van der Waals surface area (Å²) in [5.41, 5.74) is 1.21. The number of fused-ring (bicyclic) bond motifs is 1. The van der Waals surface area contributed by atoms with Gasteiger partial charge in [-0.15, -0.1) is 21.5 Å². The zero-order chi connectivity index (χ0) is 19.7. The summed E-state index contributed by atoms with van der Waals surface area (Å²) in [5.74, 6) is 1.42. The summed E-state index contributed by atoms with van der Waals surface area (Å²) in [4.78, 5) is 17.4. The van der Waals surface area contributed by atoms with Gasteiger partial charge in [-0.2, -0.15) is 0 Å². The van der Waals surface area contributed by atoms with Crippen LogP contribution in [-0.2, 0) is 18.6 Å². The van der Waals surface area contributed by atoms with Crippen LogP contribution in [0.4, 0.5) is 0 Å². The fraction of sp³-hybridized carbons (Fsp3) is 0.300. The van der Waals surface area contributed by atoms with Crippen LogP contribution in [0.25, 0.3) is 10.2 Å². The number of ether oxygens (including phenoxy) is 1. The summed E-state index contributed by atoms with van der Waals surface area (Å²) in [5, 5.41) is 10.4. The lowest BCUT2D eigenvalue weighted by molar-refractivity contribution is 0.258. The summed E-state index contributed by atoms with van der Waals surface area (Å²) < 4.78 is 12.8. The number of thiophene rings is 1. The third kappa shape index (κ3) is 3.82. The van der Waals surface area contributed by atoms with Gasteiger partial charge in [-0.1, -0.05) is 32.9 Å². The minimum Gasteiger partial charge on any atom is -0.484 e. The highest BCUT2D eigenvalue weighted by Crippen LogP contribution is 2.24. The average molecular weight is 396 g/mol. The van der Waals surface area contributed by atoms with Gasteiger partial charge in [-0.25, -0.2) is 4.98 Å². The SMILES string of the molecule is CC(C)(C)c1ccc(OCc2nnc(Cn3cnc4sccc4c3=O)o2)cc1. The molecule has 8 heteroatoms. The van der Waals surface area contributed by atoms with Crippen molar-refractivity contribution in [2.45, 2.75) is 39.3 Å². The van der Waals surface area contributed by atoms with E-state index in [1.165, 1.54) is 27.8 Å². The quantitative estimate of drug-likeness (QED) is 0.511. The first-order valence-electron chi connectivity index (χ1n) is 8.87. The molecule has 28 heavy (non-hydrogen) atoms. The molecule has 0 aliphatic heterocycles. The molecule has 0 bridgehead atoms. The van der Waals surface area contributed by atoms with E-state index in [0.29, 0.717) is 17.2 Å². The second-order valence-corrected chi connectivity index (χ2v) is 8.36. The highest BCUT2D eigenvalue weighted by Gasteiger charge is 2.14. The zero-order valence-corrected chi connectivity index (χ0v) is 16.7. The van der Waals surface area contributed by atoms with Crippen molar-refractivity contribution < 1.29 is 9.15 Å². The van der Waals surface area contributed by atoms with Gasteiger partial charge in [0.1, 0.15) is 17.1 Å². The van der Waals surface area contributed by atoms with Gasteiger partial charge in [-0.3, -0.25) is 9.36 Å². The number of rotatable bonds is 5. The standard InChI is InChI=1S/C20H20N4O3S/c1-20(2,3)13-4-6-14(7-5-13)26-11-17-23-22-16(27-17)10-24-12-21-18-15(19(24)25)8-9-28-18/h4-9,12H,10-11H2,1-3H3. The Morgan fingerprint density at radius 1 is 1.11 bits per heavy atom. The summed E-state index contributed by atoms with van der Waals surface area (Å²) in [7, 11) is 0. The first-order valence-corrected chi connectivity index (χ1v) is 9.75. The number of hydrogen-bond acceptors (Lipinski definition) is 7. The van der Waals surface area contributed by atoms with E-state index in [2.05, 4.69) is 48.1 Å². The molecule has 0 unspecified atom stereocenters. The predicted molar refractivity (Wildman–Crippen MR) is 107 cm³/mol. The molecule has 0 saturated heterocycles. The monoisotopic (exact) mass is 396 g/mol. The minimum absolute atomic E-state index is 0.0961. The van der Waals surface area contributed by atoms with E-state index in [-0.39, 0.29) is 24.1 Å². The second-order valence-electron chi connectivity index (χ2n) is 7.47. The van der Waals surface area contributed by atoms with Gasteiger partial charge in [0, 0.05) is 0 Å². The van der Waals surface area contributed by atoms with Gasteiger partial charge in [0.15, 0.2) is 6.61 Å². The van der Waals surface area contributed by atoms with Gasteiger partial charge in [0.2, 0.25) is 5.89 Å². The van der Waals surface area contributed by atoms with Crippen molar-refractivity contribution in [2.75, 3.05) is 0 Å². The van der Waals surface area contributed by atoms with Crippen molar-refractivity contribution in [1.29, 1.82) is 0 Å². The van der Waals surface area contributed by atoms with E-state index < -0.39 is 0 Å². The maximum absolute atomic E-state index is 12.4. The molecule has 1 aromatic carbocycles. The van der Waals surface area contributed by atoms with Crippen molar-refractivity contribution in [3.05, 3.63) is 69.7 Å². The van der Waals surface area contributed by atoms with Crippen molar-refractivity contribution in [3.63, 3.8) is 0 Å². The summed E-state index contributed by atoms with van der Waals surface area (Å²) in [6.45, 7) is 6.84. The van der Waals surface area contributed by atoms with Crippen LogP contribution in [0.2, 0.25) is 0 Å². The largest absolute Gasteiger partial charge is 0.484 e. The van der Waals surface area contributed by atoms with Crippen LogP contribution >= 0.6 is 11.3 Å². The van der Waals surface area contributed by atoms with E-state index >= 15 is 0 Å². The molecule has 4 rings (SSSR count). The number of aromatic nitrogens is 4. The Bertz CT molecular complexity index is 1150. The molecule has 7 nitrogen and oxygen atoms in total. The van der Waals surface area contributed by atoms with Crippen LogP contribution in [0.5, 0.6) is 5.75 Å². The molecular weight excluding hydrogens is 376 g/mol. The fourth-order valence-electron chi connectivity index (χ4n) is 2.76. The highest BCUT2D eigenvalue weighted by atomic mass is 32.1. The molecule has 0 spiro atoms. The smallest absolute Gasteiger partial charge is 0.262 e. The van der Waals surface area contributed by atoms with Crippen LogP contribution in [0.1, 0.15) is 38.1 Å². The van der Waals surface area contributed by atoms with Gasteiger partial charge in [0.05, 0.1) is 11.7 Å². The van der Waals surface area contributed by atoms with E-state index in [4.69, 9.17) is 9.15 Å². The molecule has 3 aromatic heterocycles. The van der Waals surface area contributed by atoms with Crippen molar-refractivity contribution in [3.8, 4) is 5.75 Å². The molecule has 0 N–H and O–H groups in total. The molecule has 3 heterocycles. The Morgan fingerprint density at radius 2 is 1.86 bits per heavy atom. The Kier molecular flexibility index (Phi) is 4.72. The Morgan fingerprint density at radius 3 is 2.61 bits per heavy atom. The average Bonchev–Trinajstić information content (AvgIpc) is 3.32. The fourth-order valence-corrected chi connectivity index (χ4v) is 3.48. The molecule has 0 saturated carbocycles. The van der Waals surface area contributed by atoms with Gasteiger partial charge in [-0.05, 0) is 34.6 Å². The zero-order valence-electron chi connectivity index (χ0n) is 15.9. The number of hydrogen-bond donors (Lipinski definition) is 0. The predicted octanol–water partition coefficient (Wildman–Crippen LogP) is 3.77. The third-order valence-electron chi connectivity index (χ3n) is 4.35. The first-order chi connectivity index (χ1) is 13.4. The lowest BCUT2D eigenvalue weighted by Gasteiger charge is -2.19. The molecule has 144 valence electrons. The molecule has 0 aliphatic rings. The van der Waals surface area contributed by atoms with Gasteiger partial charge in [0.25, 0.3) is 11.4 Å². The normalized spacial score (nSPS) is 11.8. The third-order valence-corrected chi connectivity index (χ3v) is 5.17. The van der Waals surface area contributed by atoms with E-state index in [1.807, 2.05) is 17.5 Å². The highest BCUT2D eigenvalue weighted by molar-refractivity contribution is 7.16. The molecule has 0 atom stereocenters. The van der Waals surface area contributed by atoms with Crippen LogP contribution in [0, 0.1) is 0 Å². The summed E-state index contributed by atoms with van der Waals surface area (Å²) >= 11 is 1.43. The van der Waals surface area contributed by atoms with E-state index in [1.54, 1.807) is 6.07 Å². The van der Waals surface area contributed by atoms with Crippen molar-refractivity contribution >= 4 is 21.6 Å². The van der Waals surface area contributed by atoms with Crippen LogP contribution in [-0.4, -0.2) is 19.7 Å².